The van der Waals surface area contributed by atoms with E-state index in [-0.39, 0.29) is 0 Å². The summed E-state index contributed by atoms with van der Waals surface area (Å²) in [7, 11) is 1.65. The Morgan fingerprint density at radius 2 is 2.00 bits per heavy atom. The van der Waals surface area contributed by atoms with Gasteiger partial charge in [0.2, 0.25) is 0 Å². The number of ether oxygens (including phenoxy) is 1. The number of hydrogen-bond donors (Lipinski definition) is 2. The molecule has 1 aromatic rings. The minimum atomic E-state index is -0.728. The number of carboxylic acids is 1. The highest BCUT2D eigenvalue weighted by molar-refractivity contribution is 5.74. The maximum absolute atomic E-state index is 11.4. The molecule has 0 heterocycles. The van der Waals surface area contributed by atoms with Crippen molar-refractivity contribution < 1.29 is 14.6 Å². The summed E-state index contributed by atoms with van der Waals surface area (Å²) in [4.78, 5) is 11.4. The normalized spacial score (nSPS) is 11.8. The van der Waals surface area contributed by atoms with E-state index < -0.39 is 11.4 Å². The summed E-state index contributed by atoms with van der Waals surface area (Å²) in [5.74, 6) is 0.101. The third kappa shape index (κ3) is 4.60. The zero-order valence-corrected chi connectivity index (χ0v) is 13.1. The Hall–Kier alpha value is -1.81. The molecular formula is C17H25NO3. The lowest BCUT2D eigenvalue weighted by Gasteiger charge is -2.26. The van der Waals surface area contributed by atoms with Gasteiger partial charge in [0.15, 0.2) is 0 Å². The van der Waals surface area contributed by atoms with Crippen molar-refractivity contribution in [2.24, 2.45) is 5.41 Å². The van der Waals surface area contributed by atoms with Crippen LogP contribution in [0.2, 0.25) is 0 Å². The van der Waals surface area contributed by atoms with E-state index in [4.69, 9.17) is 4.74 Å². The lowest BCUT2D eigenvalue weighted by Crippen LogP contribution is -2.40. The van der Waals surface area contributed by atoms with Crippen LogP contribution in [0.4, 0.5) is 0 Å². The number of rotatable bonds is 9. The van der Waals surface area contributed by atoms with Gasteiger partial charge < -0.3 is 15.2 Å². The smallest absolute Gasteiger partial charge is 0.310 e. The van der Waals surface area contributed by atoms with Crippen LogP contribution < -0.4 is 10.1 Å². The first-order valence-electron chi connectivity index (χ1n) is 7.33. The number of methoxy groups -OCH3 is 1. The fourth-order valence-corrected chi connectivity index (χ4v) is 2.26. The van der Waals surface area contributed by atoms with Crippen LogP contribution in [-0.2, 0) is 4.79 Å². The second-order valence-electron chi connectivity index (χ2n) is 5.07. The van der Waals surface area contributed by atoms with Crippen molar-refractivity contribution >= 4 is 12.0 Å². The Morgan fingerprint density at radius 1 is 1.33 bits per heavy atom. The van der Waals surface area contributed by atoms with Crippen molar-refractivity contribution in [3.05, 3.63) is 35.9 Å². The summed E-state index contributed by atoms with van der Waals surface area (Å²) < 4.78 is 5.27. The molecule has 0 saturated heterocycles. The van der Waals surface area contributed by atoms with Crippen LogP contribution >= 0.6 is 0 Å². The van der Waals surface area contributed by atoms with Gasteiger partial charge in [0.25, 0.3) is 0 Å². The van der Waals surface area contributed by atoms with E-state index >= 15 is 0 Å². The van der Waals surface area contributed by atoms with Gasteiger partial charge in [-0.3, -0.25) is 4.79 Å². The Morgan fingerprint density at radius 3 is 2.57 bits per heavy atom. The quantitative estimate of drug-likeness (QED) is 0.686. The minimum Gasteiger partial charge on any atom is -0.496 e. The summed E-state index contributed by atoms with van der Waals surface area (Å²) in [5, 5.41) is 12.6. The molecule has 4 heteroatoms. The average Bonchev–Trinajstić information content (AvgIpc) is 2.51. The molecule has 0 bridgehead atoms. The fourth-order valence-electron chi connectivity index (χ4n) is 2.26. The van der Waals surface area contributed by atoms with Crippen LogP contribution in [0, 0.1) is 5.41 Å². The molecule has 1 rings (SSSR count). The number of nitrogens with one attached hydrogen (secondary N) is 1. The highest BCUT2D eigenvalue weighted by atomic mass is 16.5. The maximum Gasteiger partial charge on any atom is 0.310 e. The first-order valence-corrected chi connectivity index (χ1v) is 7.33. The van der Waals surface area contributed by atoms with Crippen LogP contribution in [-0.4, -0.2) is 31.3 Å². The molecule has 0 unspecified atom stereocenters. The lowest BCUT2D eigenvalue weighted by molar-refractivity contribution is -0.149. The number of carboxylic acid groups (broad SMARTS) is 1. The molecule has 21 heavy (non-hydrogen) atoms. The van der Waals surface area contributed by atoms with E-state index in [9.17, 15) is 9.90 Å². The number of aliphatic carboxylic acids is 1. The molecule has 2 N–H and O–H groups in total. The second kappa shape index (κ2) is 8.47. The van der Waals surface area contributed by atoms with Crippen molar-refractivity contribution in [3.8, 4) is 5.75 Å². The van der Waals surface area contributed by atoms with Crippen molar-refractivity contribution in [1.82, 2.24) is 5.32 Å². The molecule has 0 fully saturated rings. The summed E-state index contributed by atoms with van der Waals surface area (Å²) in [6, 6.07) is 7.78. The molecule has 0 aliphatic rings. The fraction of sp³-hybridized carbons (Fsp3) is 0.471. The second-order valence-corrected chi connectivity index (χ2v) is 5.07. The molecule has 0 radical (unpaired) electrons. The third-order valence-corrected chi connectivity index (χ3v) is 3.97. The Bertz CT molecular complexity index is 479. The number of para-hydroxylation sites is 1. The molecule has 0 aliphatic heterocycles. The van der Waals surface area contributed by atoms with Crippen molar-refractivity contribution in [3.63, 3.8) is 0 Å². The average molecular weight is 291 g/mol. The number of benzene rings is 1. The summed E-state index contributed by atoms with van der Waals surface area (Å²) in [6.07, 6.45) is 5.21. The first kappa shape index (κ1) is 17.2. The lowest BCUT2D eigenvalue weighted by atomic mass is 9.82. The zero-order valence-electron chi connectivity index (χ0n) is 13.1. The summed E-state index contributed by atoms with van der Waals surface area (Å²) in [5.41, 5.74) is 0.343. The topological polar surface area (TPSA) is 58.6 Å². The van der Waals surface area contributed by atoms with Gasteiger partial charge in [0, 0.05) is 18.7 Å². The van der Waals surface area contributed by atoms with Crippen LogP contribution in [0.5, 0.6) is 5.75 Å². The van der Waals surface area contributed by atoms with Gasteiger partial charge in [-0.25, -0.2) is 0 Å². The molecule has 0 atom stereocenters. The van der Waals surface area contributed by atoms with Crippen molar-refractivity contribution in [2.75, 3.05) is 20.2 Å². The number of hydrogen-bond acceptors (Lipinski definition) is 3. The molecule has 0 aromatic heterocycles. The van der Waals surface area contributed by atoms with E-state index in [0.29, 0.717) is 25.9 Å². The van der Waals surface area contributed by atoms with Gasteiger partial charge in [0.1, 0.15) is 5.75 Å². The molecule has 116 valence electrons. The standard InChI is InChI=1S/C17H25NO3/c1-4-17(5-2,16(19)20)13-18-12-8-10-14-9-6-7-11-15(14)21-3/h6-11,18H,4-5,12-13H2,1-3H3,(H,19,20)/b10-8+. The van der Waals surface area contributed by atoms with Crippen molar-refractivity contribution in [2.45, 2.75) is 26.7 Å². The Balaban J connectivity index is 2.53. The maximum atomic E-state index is 11.4. The zero-order chi connectivity index (χ0) is 15.7. The van der Waals surface area contributed by atoms with Crippen LogP contribution in [0.3, 0.4) is 0 Å². The van der Waals surface area contributed by atoms with E-state index in [1.54, 1.807) is 7.11 Å². The predicted molar refractivity (Wildman–Crippen MR) is 85.5 cm³/mol. The van der Waals surface area contributed by atoms with Gasteiger partial charge in [-0.1, -0.05) is 44.2 Å². The predicted octanol–water partition coefficient (Wildman–Crippen LogP) is 3.19. The molecule has 0 amide bonds. The summed E-state index contributed by atoms with van der Waals surface area (Å²) in [6.45, 7) is 4.95. The van der Waals surface area contributed by atoms with Crippen molar-refractivity contribution in [1.29, 1.82) is 0 Å². The largest absolute Gasteiger partial charge is 0.496 e. The van der Waals surface area contributed by atoms with Gasteiger partial charge in [-0.05, 0) is 18.9 Å². The Kier molecular flexibility index (Phi) is 6.96. The minimum absolute atomic E-state index is 0.478. The van der Waals surface area contributed by atoms with Gasteiger partial charge in [0.05, 0.1) is 12.5 Å². The van der Waals surface area contributed by atoms with Crippen LogP contribution in [0.1, 0.15) is 32.3 Å². The van der Waals surface area contributed by atoms with E-state index in [0.717, 1.165) is 11.3 Å². The van der Waals surface area contributed by atoms with Crippen LogP contribution in [0.25, 0.3) is 6.08 Å². The Labute approximate surface area is 126 Å². The molecule has 0 saturated carbocycles. The highest BCUT2D eigenvalue weighted by Crippen LogP contribution is 2.25. The van der Waals surface area contributed by atoms with Crippen LogP contribution in [0.15, 0.2) is 30.3 Å². The molecular weight excluding hydrogens is 266 g/mol. The van der Waals surface area contributed by atoms with Gasteiger partial charge >= 0.3 is 5.97 Å². The molecule has 1 aromatic carbocycles. The monoisotopic (exact) mass is 291 g/mol. The third-order valence-electron chi connectivity index (χ3n) is 3.97. The molecule has 0 aliphatic carbocycles. The first-order chi connectivity index (χ1) is 10.1. The summed E-state index contributed by atoms with van der Waals surface area (Å²) >= 11 is 0. The van der Waals surface area contributed by atoms with E-state index in [1.807, 2.05) is 50.3 Å². The van der Waals surface area contributed by atoms with E-state index in [2.05, 4.69) is 5.32 Å². The van der Waals surface area contributed by atoms with Gasteiger partial charge in [-0.15, -0.1) is 0 Å². The SMILES string of the molecule is CCC(CC)(CNC/C=C/c1ccccc1OC)C(=O)O. The molecule has 0 spiro atoms. The molecule has 4 nitrogen and oxygen atoms in total. The number of carbonyl (C=O) groups is 1. The van der Waals surface area contributed by atoms with E-state index in [1.165, 1.54) is 0 Å². The van der Waals surface area contributed by atoms with Gasteiger partial charge in [-0.2, -0.15) is 0 Å². The highest BCUT2D eigenvalue weighted by Gasteiger charge is 2.33.